The zero-order chi connectivity index (χ0) is 21.9. The molecule has 1 N–H and O–H groups in total. The number of hydrogen-bond donors (Lipinski definition) is 1. The van der Waals surface area contributed by atoms with Crippen LogP contribution in [0.25, 0.3) is 0 Å². The molecule has 1 atom stereocenters. The molecule has 30 heavy (non-hydrogen) atoms. The average molecular weight is 455 g/mol. The molecule has 1 saturated heterocycles. The maximum atomic E-state index is 13.4. The van der Waals surface area contributed by atoms with Gasteiger partial charge in [-0.1, -0.05) is 23.7 Å². The van der Waals surface area contributed by atoms with E-state index < -0.39 is 21.3 Å². The molecule has 2 aromatic carbocycles. The summed E-state index contributed by atoms with van der Waals surface area (Å²) >= 11 is 5.76. The number of benzene rings is 2. The summed E-state index contributed by atoms with van der Waals surface area (Å²) in [5, 5.41) is 2.64. The van der Waals surface area contributed by atoms with Crippen LogP contribution in [0.1, 0.15) is 25.3 Å². The lowest BCUT2D eigenvalue weighted by molar-refractivity contribution is -0.132. The summed E-state index contributed by atoms with van der Waals surface area (Å²) in [6.07, 6.45) is 1.10. The highest BCUT2D eigenvalue weighted by molar-refractivity contribution is 7.89. The smallest absolute Gasteiger partial charge is 0.243 e. The van der Waals surface area contributed by atoms with Gasteiger partial charge in [0, 0.05) is 19.6 Å². The Bertz CT molecular complexity index is 1050. The van der Waals surface area contributed by atoms with E-state index in [1.54, 1.807) is 14.0 Å². The van der Waals surface area contributed by atoms with Gasteiger partial charge in [0.25, 0.3) is 0 Å². The number of piperidine rings is 1. The molecule has 1 amide bonds. The van der Waals surface area contributed by atoms with E-state index in [0.717, 1.165) is 17.7 Å². The first kappa shape index (κ1) is 22.5. The SMILES string of the molecule is COc1cccc(CNC(=O)C2(C)CCCN(S(=O)(=O)c3ccc(F)c(Cl)c3)C2)c1. The Morgan fingerprint density at radius 2 is 2.07 bits per heavy atom. The minimum atomic E-state index is -3.90. The van der Waals surface area contributed by atoms with Gasteiger partial charge in [-0.05, 0) is 55.7 Å². The predicted octanol–water partition coefficient (Wildman–Crippen LogP) is 3.59. The molecule has 0 bridgehead atoms. The number of nitrogens with zero attached hydrogens (tertiary/aromatic N) is 1. The number of methoxy groups -OCH3 is 1. The molecule has 1 aliphatic rings. The number of ether oxygens (including phenoxy) is 1. The molecule has 0 radical (unpaired) electrons. The van der Waals surface area contributed by atoms with Crippen LogP contribution in [0.15, 0.2) is 47.4 Å². The van der Waals surface area contributed by atoms with Gasteiger partial charge in [-0.2, -0.15) is 4.31 Å². The molecule has 3 rings (SSSR count). The summed E-state index contributed by atoms with van der Waals surface area (Å²) in [5.74, 6) is -0.209. The fourth-order valence-corrected chi connectivity index (χ4v) is 5.42. The van der Waals surface area contributed by atoms with Gasteiger partial charge >= 0.3 is 0 Å². The maximum absolute atomic E-state index is 13.4. The highest BCUT2D eigenvalue weighted by atomic mass is 35.5. The number of nitrogens with one attached hydrogen (secondary N) is 1. The van der Waals surface area contributed by atoms with Crippen molar-refractivity contribution in [2.45, 2.75) is 31.2 Å². The lowest BCUT2D eigenvalue weighted by Gasteiger charge is -2.38. The zero-order valence-electron chi connectivity index (χ0n) is 16.8. The quantitative estimate of drug-likeness (QED) is 0.723. The normalized spacial score (nSPS) is 20.0. The second-order valence-electron chi connectivity index (χ2n) is 7.61. The Labute approximate surface area is 181 Å². The summed E-state index contributed by atoms with van der Waals surface area (Å²) in [4.78, 5) is 12.8. The van der Waals surface area contributed by atoms with Crippen LogP contribution in [-0.2, 0) is 21.4 Å². The van der Waals surface area contributed by atoms with Gasteiger partial charge in [0.2, 0.25) is 15.9 Å². The molecule has 162 valence electrons. The van der Waals surface area contributed by atoms with Crippen LogP contribution in [-0.4, -0.2) is 38.8 Å². The van der Waals surface area contributed by atoms with E-state index in [4.69, 9.17) is 16.3 Å². The van der Waals surface area contributed by atoms with E-state index in [0.29, 0.717) is 25.1 Å². The van der Waals surface area contributed by atoms with Gasteiger partial charge < -0.3 is 10.1 Å². The van der Waals surface area contributed by atoms with Gasteiger partial charge in [0.1, 0.15) is 11.6 Å². The Morgan fingerprint density at radius 3 is 2.77 bits per heavy atom. The number of sulfonamides is 1. The Morgan fingerprint density at radius 1 is 1.30 bits per heavy atom. The van der Waals surface area contributed by atoms with Gasteiger partial charge in [0.05, 0.1) is 22.4 Å². The van der Waals surface area contributed by atoms with E-state index in [1.165, 1.54) is 10.4 Å². The van der Waals surface area contributed by atoms with Crippen molar-refractivity contribution >= 4 is 27.5 Å². The van der Waals surface area contributed by atoms with E-state index >= 15 is 0 Å². The molecule has 1 unspecified atom stereocenters. The first-order valence-corrected chi connectivity index (χ1v) is 11.3. The average Bonchev–Trinajstić information content (AvgIpc) is 2.74. The van der Waals surface area contributed by atoms with Crippen LogP contribution in [0, 0.1) is 11.2 Å². The number of amides is 1. The number of carbonyl (C=O) groups excluding carboxylic acids is 1. The van der Waals surface area contributed by atoms with Crippen molar-refractivity contribution in [2.75, 3.05) is 20.2 Å². The third kappa shape index (κ3) is 4.77. The van der Waals surface area contributed by atoms with Crippen molar-refractivity contribution in [3.63, 3.8) is 0 Å². The van der Waals surface area contributed by atoms with Crippen LogP contribution < -0.4 is 10.1 Å². The van der Waals surface area contributed by atoms with Crippen LogP contribution >= 0.6 is 11.6 Å². The van der Waals surface area contributed by atoms with E-state index in [9.17, 15) is 17.6 Å². The molecule has 0 spiro atoms. The first-order valence-electron chi connectivity index (χ1n) is 9.52. The highest BCUT2D eigenvalue weighted by Gasteiger charge is 2.41. The molecule has 1 fully saturated rings. The van der Waals surface area contributed by atoms with Crippen molar-refractivity contribution in [3.8, 4) is 5.75 Å². The molecule has 6 nitrogen and oxygen atoms in total. The van der Waals surface area contributed by atoms with Crippen LogP contribution in [0.3, 0.4) is 0 Å². The lowest BCUT2D eigenvalue weighted by atomic mass is 9.82. The third-order valence-electron chi connectivity index (χ3n) is 5.33. The summed E-state index contributed by atoms with van der Waals surface area (Å²) in [7, 11) is -2.32. The van der Waals surface area contributed by atoms with Crippen molar-refractivity contribution in [3.05, 3.63) is 58.9 Å². The van der Waals surface area contributed by atoms with Gasteiger partial charge in [-0.25, -0.2) is 12.8 Å². The predicted molar refractivity (Wildman–Crippen MR) is 112 cm³/mol. The molecule has 2 aromatic rings. The van der Waals surface area contributed by atoms with Crippen molar-refractivity contribution in [2.24, 2.45) is 5.41 Å². The van der Waals surface area contributed by atoms with Gasteiger partial charge in [-0.15, -0.1) is 0 Å². The number of hydrogen-bond acceptors (Lipinski definition) is 4. The first-order chi connectivity index (χ1) is 14.2. The van der Waals surface area contributed by atoms with Gasteiger partial charge in [-0.3, -0.25) is 4.79 Å². The second-order valence-corrected chi connectivity index (χ2v) is 9.96. The zero-order valence-corrected chi connectivity index (χ0v) is 18.4. The summed E-state index contributed by atoms with van der Waals surface area (Å²) < 4.78 is 45.9. The Hall–Kier alpha value is -2.16. The minimum Gasteiger partial charge on any atom is -0.497 e. The van der Waals surface area contributed by atoms with Gasteiger partial charge in [0.15, 0.2) is 0 Å². The van der Waals surface area contributed by atoms with Crippen molar-refractivity contribution < 1.29 is 22.3 Å². The van der Waals surface area contributed by atoms with Crippen LogP contribution in [0.5, 0.6) is 5.75 Å². The third-order valence-corrected chi connectivity index (χ3v) is 7.46. The fraction of sp³-hybridized carbons (Fsp3) is 0.381. The summed E-state index contributed by atoms with van der Waals surface area (Å²) in [6, 6.07) is 10.7. The van der Waals surface area contributed by atoms with Crippen molar-refractivity contribution in [1.82, 2.24) is 9.62 Å². The number of halogens is 2. The molecule has 1 heterocycles. The number of rotatable bonds is 6. The lowest BCUT2D eigenvalue weighted by Crippen LogP contribution is -2.51. The Balaban J connectivity index is 1.72. The van der Waals surface area contributed by atoms with Crippen LogP contribution in [0.4, 0.5) is 4.39 Å². The highest BCUT2D eigenvalue weighted by Crippen LogP contribution is 2.33. The van der Waals surface area contributed by atoms with E-state index in [2.05, 4.69) is 5.32 Å². The summed E-state index contributed by atoms with van der Waals surface area (Å²) in [6.45, 7) is 2.39. The van der Waals surface area contributed by atoms with Crippen molar-refractivity contribution in [1.29, 1.82) is 0 Å². The maximum Gasteiger partial charge on any atom is 0.243 e. The molecule has 9 heteroatoms. The minimum absolute atomic E-state index is 0.0360. The molecule has 1 aliphatic heterocycles. The topological polar surface area (TPSA) is 75.7 Å². The number of carbonyl (C=O) groups is 1. The molecule has 0 aromatic heterocycles. The van der Waals surface area contributed by atoms with E-state index in [1.807, 2.05) is 24.3 Å². The molecular weight excluding hydrogens is 431 g/mol. The Kier molecular flexibility index (Phi) is 6.69. The molecular formula is C21H24ClFN2O4S. The monoisotopic (exact) mass is 454 g/mol. The fourth-order valence-electron chi connectivity index (χ4n) is 3.55. The summed E-state index contributed by atoms with van der Waals surface area (Å²) in [5.41, 5.74) is 0.00104. The molecule has 0 aliphatic carbocycles. The molecule has 0 saturated carbocycles. The van der Waals surface area contributed by atoms with Crippen LogP contribution in [0.2, 0.25) is 5.02 Å². The largest absolute Gasteiger partial charge is 0.497 e. The standard InChI is InChI=1S/C21H24ClFN2O4S/c1-21(20(26)24-13-15-5-3-6-16(11-15)29-2)9-4-10-25(14-21)30(27,28)17-7-8-19(23)18(22)12-17/h3,5-8,11-12H,4,9-10,13-14H2,1-2H3,(H,24,26). The second kappa shape index (κ2) is 8.91. The van der Waals surface area contributed by atoms with E-state index in [-0.39, 0.29) is 28.9 Å².